The topological polar surface area (TPSA) is 20.2 Å². The molecule has 0 spiro atoms. The smallest absolute Gasteiger partial charge is 0.111 e. The van der Waals surface area contributed by atoms with Crippen molar-refractivity contribution in [3.05, 3.63) is 66.5 Å². The largest absolute Gasteiger partial charge is 0.508 e. The predicted molar refractivity (Wildman–Crippen MR) is 74.8 cm³/mol. The molecule has 0 aliphatic carbocycles. The van der Waals surface area contributed by atoms with Crippen molar-refractivity contribution >= 4 is 5.57 Å². The van der Waals surface area contributed by atoms with Crippen molar-refractivity contribution in [2.24, 2.45) is 5.92 Å². The third-order valence-electron chi connectivity index (χ3n) is 2.70. The molecule has 1 aromatic carbocycles. The van der Waals surface area contributed by atoms with Crippen molar-refractivity contribution in [1.82, 2.24) is 0 Å². The van der Waals surface area contributed by atoms with Crippen molar-refractivity contribution in [3.63, 3.8) is 0 Å². The zero-order valence-corrected chi connectivity index (χ0v) is 10.6. The lowest BCUT2D eigenvalue weighted by molar-refractivity contribution is 0.423. The second-order valence-corrected chi connectivity index (χ2v) is 4.20. The Balaban J connectivity index is 2.66. The molecule has 1 aromatic rings. The summed E-state index contributed by atoms with van der Waals surface area (Å²) in [4.78, 5) is 0. The Morgan fingerprint density at radius 1 is 1.29 bits per heavy atom. The van der Waals surface area contributed by atoms with E-state index in [4.69, 9.17) is 0 Å². The minimum atomic E-state index is 0.302. The number of rotatable bonds is 5. The second kappa shape index (κ2) is 6.74. The Morgan fingerprint density at radius 2 is 1.94 bits per heavy atom. The summed E-state index contributed by atoms with van der Waals surface area (Å²) in [6.45, 7) is 8.15. The van der Waals surface area contributed by atoms with Crippen molar-refractivity contribution in [2.75, 3.05) is 0 Å². The van der Waals surface area contributed by atoms with E-state index in [2.05, 4.69) is 20.4 Å². The highest BCUT2D eigenvalue weighted by molar-refractivity contribution is 5.72. The van der Waals surface area contributed by atoms with E-state index < -0.39 is 0 Å². The van der Waals surface area contributed by atoms with E-state index >= 15 is 0 Å². The van der Waals surface area contributed by atoms with Crippen LogP contribution in [0.1, 0.15) is 25.8 Å². The molecule has 1 heteroatoms. The van der Waals surface area contributed by atoms with Crippen LogP contribution in [0.4, 0.5) is 0 Å². The van der Waals surface area contributed by atoms with E-state index in [-0.39, 0.29) is 0 Å². The number of benzene rings is 1. The van der Waals surface area contributed by atoms with Gasteiger partial charge < -0.3 is 5.11 Å². The highest BCUT2D eigenvalue weighted by Gasteiger charge is 1.96. The molecule has 0 aromatic heterocycles. The Morgan fingerprint density at radius 3 is 2.53 bits per heavy atom. The Bertz CT molecular complexity index is 412. The molecule has 0 saturated carbocycles. The van der Waals surface area contributed by atoms with Crippen LogP contribution in [0.3, 0.4) is 0 Å². The summed E-state index contributed by atoms with van der Waals surface area (Å²) in [5.74, 6) is 0.695. The summed E-state index contributed by atoms with van der Waals surface area (Å²) in [6, 6.07) is 9.93. The van der Waals surface area contributed by atoms with Gasteiger partial charge >= 0.3 is 0 Å². The van der Waals surface area contributed by atoms with Crippen molar-refractivity contribution in [3.8, 4) is 0 Å². The first-order chi connectivity index (χ1) is 8.13. The summed E-state index contributed by atoms with van der Waals surface area (Å²) in [5.41, 5.74) is 1.97. The normalized spacial score (nSPS) is 13.9. The maximum absolute atomic E-state index is 9.68. The van der Waals surface area contributed by atoms with E-state index in [1.165, 1.54) is 0 Å². The molecule has 17 heavy (non-hydrogen) atoms. The van der Waals surface area contributed by atoms with Gasteiger partial charge in [-0.25, -0.2) is 0 Å². The summed E-state index contributed by atoms with van der Waals surface area (Å²) < 4.78 is 0. The van der Waals surface area contributed by atoms with Crippen LogP contribution in [0.5, 0.6) is 0 Å². The first-order valence-corrected chi connectivity index (χ1v) is 5.96. The molecule has 0 aliphatic heterocycles. The van der Waals surface area contributed by atoms with Crippen molar-refractivity contribution < 1.29 is 5.11 Å². The first-order valence-electron chi connectivity index (χ1n) is 5.96. The molecular formula is C16H20O. The van der Waals surface area contributed by atoms with E-state index in [1.807, 2.05) is 42.5 Å². The van der Waals surface area contributed by atoms with Gasteiger partial charge in [0.15, 0.2) is 0 Å². The SMILES string of the molecule is C=C(/C=C\C(O)=C/C(C)CC)c1ccccc1. The minimum Gasteiger partial charge on any atom is -0.508 e. The average molecular weight is 228 g/mol. The maximum Gasteiger partial charge on any atom is 0.111 e. The third-order valence-corrected chi connectivity index (χ3v) is 2.70. The summed E-state index contributed by atoms with van der Waals surface area (Å²) in [5, 5.41) is 9.68. The van der Waals surface area contributed by atoms with Crippen LogP contribution in [-0.4, -0.2) is 5.11 Å². The lowest BCUT2D eigenvalue weighted by atomic mass is 10.1. The summed E-state index contributed by atoms with van der Waals surface area (Å²) in [7, 11) is 0. The van der Waals surface area contributed by atoms with E-state index in [0.717, 1.165) is 17.6 Å². The molecule has 0 saturated heterocycles. The van der Waals surface area contributed by atoms with Gasteiger partial charge in [-0.2, -0.15) is 0 Å². The van der Waals surface area contributed by atoms with Gasteiger partial charge in [0, 0.05) is 0 Å². The Hall–Kier alpha value is -1.76. The number of allylic oxidation sites excluding steroid dienone is 4. The monoisotopic (exact) mass is 228 g/mol. The lowest BCUT2D eigenvalue weighted by Gasteiger charge is -2.02. The number of aliphatic hydroxyl groups excluding tert-OH is 1. The highest BCUT2D eigenvalue weighted by Crippen LogP contribution is 2.14. The number of aliphatic hydroxyl groups is 1. The quantitative estimate of drug-likeness (QED) is 0.570. The van der Waals surface area contributed by atoms with Gasteiger partial charge in [0.2, 0.25) is 0 Å². The van der Waals surface area contributed by atoms with Crippen LogP contribution in [0.2, 0.25) is 0 Å². The molecule has 0 radical (unpaired) electrons. The van der Waals surface area contributed by atoms with Gasteiger partial charge in [0.05, 0.1) is 0 Å². The molecule has 1 N–H and O–H groups in total. The van der Waals surface area contributed by atoms with Gasteiger partial charge in [-0.15, -0.1) is 0 Å². The molecule has 1 unspecified atom stereocenters. The molecule has 1 nitrogen and oxygen atoms in total. The van der Waals surface area contributed by atoms with Gasteiger partial charge in [-0.05, 0) is 35.6 Å². The minimum absolute atomic E-state index is 0.302. The van der Waals surface area contributed by atoms with Crippen LogP contribution >= 0.6 is 0 Å². The standard InChI is InChI=1S/C16H20O/c1-4-13(2)12-16(17)11-10-14(3)15-8-6-5-7-9-15/h5-13,17H,3-4H2,1-2H3/b11-10-,16-12+. The second-order valence-electron chi connectivity index (χ2n) is 4.20. The summed E-state index contributed by atoms with van der Waals surface area (Å²) in [6.07, 6.45) is 6.41. The molecule has 1 rings (SSSR count). The van der Waals surface area contributed by atoms with Gasteiger partial charge in [0.25, 0.3) is 0 Å². The number of hydrogen-bond acceptors (Lipinski definition) is 1. The predicted octanol–water partition coefficient (Wildman–Crippen LogP) is 4.74. The van der Waals surface area contributed by atoms with Crippen LogP contribution in [0.25, 0.3) is 5.57 Å². The molecule has 0 heterocycles. The fourth-order valence-corrected chi connectivity index (χ4v) is 1.40. The zero-order valence-electron chi connectivity index (χ0n) is 10.6. The first kappa shape index (κ1) is 13.3. The Labute approximate surface area is 104 Å². The maximum atomic E-state index is 9.68. The molecule has 90 valence electrons. The summed E-state index contributed by atoms with van der Waals surface area (Å²) >= 11 is 0. The van der Waals surface area contributed by atoms with Crippen molar-refractivity contribution in [2.45, 2.75) is 20.3 Å². The fourth-order valence-electron chi connectivity index (χ4n) is 1.40. The highest BCUT2D eigenvalue weighted by atomic mass is 16.3. The number of hydrogen-bond donors (Lipinski definition) is 1. The van der Waals surface area contributed by atoms with Crippen molar-refractivity contribution in [1.29, 1.82) is 0 Å². The molecule has 0 amide bonds. The lowest BCUT2D eigenvalue weighted by Crippen LogP contribution is -1.88. The van der Waals surface area contributed by atoms with Crippen LogP contribution < -0.4 is 0 Å². The van der Waals surface area contributed by atoms with Crippen LogP contribution in [-0.2, 0) is 0 Å². The van der Waals surface area contributed by atoms with Crippen LogP contribution in [0.15, 0.2) is 60.9 Å². The van der Waals surface area contributed by atoms with Gasteiger partial charge in [0.1, 0.15) is 5.76 Å². The van der Waals surface area contributed by atoms with E-state index in [1.54, 1.807) is 6.08 Å². The fraction of sp³-hybridized carbons (Fsp3) is 0.250. The van der Waals surface area contributed by atoms with Gasteiger partial charge in [-0.3, -0.25) is 0 Å². The van der Waals surface area contributed by atoms with Crippen LogP contribution in [0, 0.1) is 5.92 Å². The zero-order chi connectivity index (χ0) is 12.7. The average Bonchev–Trinajstić information content (AvgIpc) is 2.36. The Kier molecular flexibility index (Phi) is 5.28. The molecule has 0 aliphatic rings. The van der Waals surface area contributed by atoms with E-state index in [0.29, 0.717) is 11.7 Å². The van der Waals surface area contributed by atoms with E-state index in [9.17, 15) is 5.11 Å². The molecule has 0 bridgehead atoms. The molecule has 1 atom stereocenters. The third kappa shape index (κ3) is 4.73. The molecule has 0 fully saturated rings. The molecular weight excluding hydrogens is 208 g/mol. The van der Waals surface area contributed by atoms with Gasteiger partial charge in [-0.1, -0.05) is 56.8 Å².